The molecule has 38 heavy (non-hydrogen) atoms. The summed E-state index contributed by atoms with van der Waals surface area (Å²) in [6.45, 7) is 2.00. The van der Waals surface area contributed by atoms with Gasteiger partial charge < -0.3 is 15.0 Å². The average Bonchev–Trinajstić information content (AvgIpc) is 2.88. The summed E-state index contributed by atoms with van der Waals surface area (Å²) in [6.07, 6.45) is 2.85. The number of amides is 2. The quantitative estimate of drug-likeness (QED) is 0.237. The fourth-order valence-electron chi connectivity index (χ4n) is 4.05. The van der Waals surface area contributed by atoms with Crippen molar-refractivity contribution in [2.45, 2.75) is 44.2 Å². The van der Waals surface area contributed by atoms with Gasteiger partial charge >= 0.3 is 0 Å². The first-order valence-corrected chi connectivity index (χ1v) is 13.2. The standard InChI is InChI=1S/C28H26F4N2O3S/c1-2-3-4-10-37-25-7-5-6-21(30)20(25)15-34-24-9-8-17(11-26(24)38-16-27(34)35)28(36)33-14-19-22(31)12-18(29)13-23(19)32/h5-9,11-13H,2-4,10,14-16H2,1H3,(H,33,36). The van der Waals surface area contributed by atoms with Crippen molar-refractivity contribution < 1.29 is 31.9 Å². The summed E-state index contributed by atoms with van der Waals surface area (Å²) in [5, 5.41) is 2.43. The monoisotopic (exact) mass is 546 g/mol. The SMILES string of the molecule is CCCCCOc1cccc(F)c1CN1C(=O)CSc2cc(C(=O)NCc3c(F)cc(F)cc3F)ccc21. The van der Waals surface area contributed by atoms with Gasteiger partial charge in [-0.05, 0) is 36.8 Å². The van der Waals surface area contributed by atoms with Crippen LogP contribution in [0.15, 0.2) is 53.4 Å². The third kappa shape index (κ3) is 6.30. The van der Waals surface area contributed by atoms with Gasteiger partial charge in [-0.15, -0.1) is 11.8 Å². The third-order valence-corrected chi connectivity index (χ3v) is 7.12. The number of hydrogen-bond donors (Lipinski definition) is 1. The molecule has 1 aliphatic rings. The topological polar surface area (TPSA) is 58.6 Å². The van der Waals surface area contributed by atoms with Gasteiger partial charge in [-0.25, -0.2) is 17.6 Å². The Kier molecular flexibility index (Phi) is 8.93. The van der Waals surface area contributed by atoms with E-state index >= 15 is 0 Å². The number of fused-ring (bicyclic) bond motifs is 1. The lowest BCUT2D eigenvalue weighted by atomic mass is 10.1. The molecule has 0 unspecified atom stereocenters. The molecule has 4 rings (SSSR count). The molecule has 0 bridgehead atoms. The molecular formula is C28H26F4N2O3S. The van der Waals surface area contributed by atoms with Gasteiger partial charge in [0.2, 0.25) is 5.91 Å². The molecule has 0 atom stereocenters. The van der Waals surface area contributed by atoms with E-state index in [1.807, 2.05) is 0 Å². The summed E-state index contributed by atoms with van der Waals surface area (Å²) in [5.41, 5.74) is 0.528. The lowest BCUT2D eigenvalue weighted by molar-refractivity contribution is -0.116. The van der Waals surface area contributed by atoms with Gasteiger partial charge in [0.25, 0.3) is 5.91 Å². The molecule has 200 valence electrons. The predicted molar refractivity (Wildman–Crippen MR) is 137 cm³/mol. The van der Waals surface area contributed by atoms with E-state index < -0.39 is 41.3 Å². The molecule has 0 fully saturated rings. The van der Waals surface area contributed by atoms with E-state index in [1.54, 1.807) is 24.3 Å². The van der Waals surface area contributed by atoms with Crippen LogP contribution in [0.4, 0.5) is 23.2 Å². The molecule has 0 saturated carbocycles. The largest absolute Gasteiger partial charge is 0.493 e. The van der Waals surface area contributed by atoms with Crippen LogP contribution in [0.2, 0.25) is 0 Å². The van der Waals surface area contributed by atoms with Gasteiger partial charge in [0.1, 0.15) is 29.0 Å². The second kappa shape index (κ2) is 12.3. The van der Waals surface area contributed by atoms with Crippen LogP contribution in [0.5, 0.6) is 5.75 Å². The maximum absolute atomic E-state index is 14.8. The zero-order chi connectivity index (χ0) is 27.2. The van der Waals surface area contributed by atoms with Crippen LogP contribution in [-0.2, 0) is 17.9 Å². The number of thioether (sulfide) groups is 1. The number of anilines is 1. The summed E-state index contributed by atoms with van der Waals surface area (Å²) in [4.78, 5) is 27.6. The molecule has 0 saturated heterocycles. The van der Waals surface area contributed by atoms with Crippen molar-refractivity contribution in [1.82, 2.24) is 5.32 Å². The van der Waals surface area contributed by atoms with Gasteiger partial charge in [0, 0.05) is 40.3 Å². The molecule has 3 aromatic carbocycles. The van der Waals surface area contributed by atoms with Gasteiger partial charge in [0.15, 0.2) is 0 Å². The van der Waals surface area contributed by atoms with Gasteiger partial charge in [-0.2, -0.15) is 0 Å². The zero-order valence-electron chi connectivity index (χ0n) is 20.7. The molecule has 0 spiro atoms. The van der Waals surface area contributed by atoms with Crippen molar-refractivity contribution in [2.75, 3.05) is 17.3 Å². The molecule has 3 aromatic rings. The Hall–Kier alpha value is -3.53. The molecule has 1 N–H and O–H groups in total. The Labute approximate surface area is 222 Å². The van der Waals surface area contributed by atoms with Gasteiger partial charge in [-0.1, -0.05) is 25.8 Å². The van der Waals surface area contributed by atoms with Crippen LogP contribution < -0.4 is 15.0 Å². The van der Waals surface area contributed by atoms with Crippen LogP contribution in [0.1, 0.15) is 47.7 Å². The van der Waals surface area contributed by atoms with Gasteiger partial charge in [-0.3, -0.25) is 9.59 Å². The van der Waals surface area contributed by atoms with E-state index in [1.165, 1.54) is 28.8 Å². The number of carbonyl (C=O) groups excluding carboxylic acids is 2. The summed E-state index contributed by atoms with van der Waals surface area (Å²) < 4.78 is 61.6. The second-order valence-corrected chi connectivity index (χ2v) is 9.77. The number of rotatable bonds is 10. The Morgan fingerprint density at radius 3 is 2.50 bits per heavy atom. The number of nitrogens with zero attached hydrogens (tertiary/aromatic N) is 1. The highest BCUT2D eigenvalue weighted by Crippen LogP contribution is 2.38. The maximum atomic E-state index is 14.8. The number of unbranched alkanes of at least 4 members (excludes halogenated alkanes) is 2. The van der Waals surface area contributed by atoms with Crippen molar-refractivity contribution in [3.63, 3.8) is 0 Å². The molecule has 0 radical (unpaired) electrons. The van der Waals surface area contributed by atoms with Crippen LogP contribution in [0, 0.1) is 23.3 Å². The van der Waals surface area contributed by atoms with Gasteiger partial charge in [0.05, 0.1) is 24.6 Å². The minimum Gasteiger partial charge on any atom is -0.493 e. The number of ether oxygens (including phenoxy) is 1. The number of benzene rings is 3. The number of hydrogen-bond acceptors (Lipinski definition) is 4. The summed E-state index contributed by atoms with van der Waals surface area (Å²) in [6, 6.07) is 10.3. The molecular weight excluding hydrogens is 520 g/mol. The minimum atomic E-state index is -1.10. The molecule has 1 aliphatic heterocycles. The van der Waals surface area contributed by atoms with Crippen LogP contribution in [-0.4, -0.2) is 24.2 Å². The zero-order valence-corrected chi connectivity index (χ0v) is 21.5. The van der Waals surface area contributed by atoms with E-state index in [4.69, 9.17) is 4.74 Å². The highest BCUT2D eigenvalue weighted by atomic mass is 32.2. The predicted octanol–water partition coefficient (Wildman–Crippen LogP) is 6.38. The van der Waals surface area contributed by atoms with E-state index in [0.29, 0.717) is 35.1 Å². The molecule has 10 heteroatoms. The number of halogens is 4. The molecule has 1 heterocycles. The summed E-state index contributed by atoms with van der Waals surface area (Å²) in [7, 11) is 0. The van der Waals surface area contributed by atoms with Crippen molar-refractivity contribution in [1.29, 1.82) is 0 Å². The fourth-order valence-corrected chi connectivity index (χ4v) is 5.02. The molecule has 5 nitrogen and oxygen atoms in total. The second-order valence-electron chi connectivity index (χ2n) is 8.75. The van der Waals surface area contributed by atoms with Crippen molar-refractivity contribution in [2.24, 2.45) is 0 Å². The highest BCUT2D eigenvalue weighted by Gasteiger charge is 2.28. The number of carbonyl (C=O) groups is 2. The fraction of sp³-hybridized carbons (Fsp3) is 0.286. The van der Waals surface area contributed by atoms with Crippen LogP contribution in [0.3, 0.4) is 0 Å². The van der Waals surface area contributed by atoms with Crippen molar-refractivity contribution in [3.05, 3.63) is 88.5 Å². The first kappa shape index (κ1) is 27.5. The van der Waals surface area contributed by atoms with Crippen molar-refractivity contribution in [3.8, 4) is 5.75 Å². The third-order valence-electron chi connectivity index (χ3n) is 6.09. The van der Waals surface area contributed by atoms with Crippen LogP contribution >= 0.6 is 11.8 Å². The first-order valence-electron chi connectivity index (χ1n) is 12.2. The molecule has 0 aliphatic carbocycles. The molecule has 2 amide bonds. The smallest absolute Gasteiger partial charge is 0.251 e. The Morgan fingerprint density at radius 2 is 1.76 bits per heavy atom. The van der Waals surface area contributed by atoms with Crippen molar-refractivity contribution >= 4 is 29.3 Å². The highest BCUT2D eigenvalue weighted by molar-refractivity contribution is 8.00. The summed E-state index contributed by atoms with van der Waals surface area (Å²) >= 11 is 1.23. The molecule has 0 aromatic heterocycles. The van der Waals surface area contributed by atoms with E-state index in [2.05, 4.69) is 12.2 Å². The Balaban J connectivity index is 1.51. The lowest BCUT2D eigenvalue weighted by Crippen LogP contribution is -2.35. The Bertz CT molecular complexity index is 1330. The first-order chi connectivity index (χ1) is 18.3. The van der Waals surface area contributed by atoms with Crippen LogP contribution in [0.25, 0.3) is 0 Å². The van der Waals surface area contributed by atoms with E-state index in [0.717, 1.165) is 19.3 Å². The number of nitrogens with one attached hydrogen (secondary N) is 1. The normalized spacial score (nSPS) is 12.9. The summed E-state index contributed by atoms with van der Waals surface area (Å²) in [5.74, 6) is -4.08. The van der Waals surface area contributed by atoms with E-state index in [-0.39, 0.29) is 29.3 Å². The lowest BCUT2D eigenvalue weighted by Gasteiger charge is -2.30. The average molecular weight is 547 g/mol. The Morgan fingerprint density at radius 1 is 1.00 bits per heavy atom. The van der Waals surface area contributed by atoms with E-state index in [9.17, 15) is 27.2 Å². The minimum absolute atomic E-state index is 0.0448. The maximum Gasteiger partial charge on any atom is 0.251 e.